The number of aromatic amines is 1. The molecule has 19 heavy (non-hydrogen) atoms. The van der Waals surface area contributed by atoms with Gasteiger partial charge in [-0.05, 0) is 51.2 Å². The van der Waals surface area contributed by atoms with Crippen molar-refractivity contribution in [3.05, 3.63) is 30.1 Å². The molecular weight excluding hydrogens is 236 g/mol. The van der Waals surface area contributed by atoms with Crippen LogP contribution in [0.25, 0.3) is 11.0 Å². The minimum atomic E-state index is 0.424. The summed E-state index contributed by atoms with van der Waals surface area (Å²) < 4.78 is 0. The molecule has 0 amide bonds. The highest BCUT2D eigenvalue weighted by atomic mass is 15.1. The van der Waals surface area contributed by atoms with Gasteiger partial charge in [0.05, 0.1) is 17.4 Å². The number of hydrogen-bond acceptors (Lipinski definition) is 3. The molecule has 0 bridgehead atoms. The predicted molar refractivity (Wildman–Crippen MR) is 78.2 cm³/mol. The van der Waals surface area contributed by atoms with Crippen LogP contribution >= 0.6 is 0 Å². The smallest absolute Gasteiger partial charge is 0.0931 e. The van der Waals surface area contributed by atoms with Gasteiger partial charge in [-0.1, -0.05) is 12.5 Å². The van der Waals surface area contributed by atoms with Crippen molar-refractivity contribution in [2.45, 2.75) is 31.3 Å². The Morgan fingerprint density at radius 3 is 2.95 bits per heavy atom. The van der Waals surface area contributed by atoms with Crippen molar-refractivity contribution in [3.63, 3.8) is 0 Å². The zero-order valence-corrected chi connectivity index (χ0v) is 11.7. The molecule has 1 aromatic heterocycles. The molecule has 4 heteroatoms. The molecule has 0 radical (unpaired) electrons. The van der Waals surface area contributed by atoms with Crippen LogP contribution in [0.15, 0.2) is 24.5 Å². The van der Waals surface area contributed by atoms with Crippen LogP contribution in [-0.2, 0) is 0 Å². The lowest BCUT2D eigenvalue weighted by atomic mass is 9.91. The summed E-state index contributed by atoms with van der Waals surface area (Å²) >= 11 is 0. The second-order valence-corrected chi connectivity index (χ2v) is 5.64. The molecule has 2 heterocycles. The summed E-state index contributed by atoms with van der Waals surface area (Å²) in [6, 6.07) is 7.53. The molecule has 0 saturated carbocycles. The van der Waals surface area contributed by atoms with Gasteiger partial charge in [0.25, 0.3) is 0 Å². The Kier molecular flexibility index (Phi) is 3.53. The van der Waals surface area contributed by atoms with E-state index in [1.54, 1.807) is 6.33 Å². The van der Waals surface area contributed by atoms with E-state index in [2.05, 4.69) is 52.5 Å². The van der Waals surface area contributed by atoms with Gasteiger partial charge in [-0.25, -0.2) is 4.98 Å². The highest BCUT2D eigenvalue weighted by Gasteiger charge is 2.26. The maximum absolute atomic E-state index is 4.29. The number of benzene rings is 1. The van der Waals surface area contributed by atoms with Gasteiger partial charge in [0.2, 0.25) is 0 Å². The number of fused-ring (bicyclic) bond motifs is 1. The number of H-pyrrole nitrogens is 1. The van der Waals surface area contributed by atoms with E-state index in [-0.39, 0.29) is 0 Å². The summed E-state index contributed by atoms with van der Waals surface area (Å²) in [5.41, 5.74) is 3.53. The molecule has 1 fully saturated rings. The van der Waals surface area contributed by atoms with Crippen LogP contribution in [0.4, 0.5) is 0 Å². The normalized spacial score (nSPS) is 21.9. The first-order valence-electron chi connectivity index (χ1n) is 7.08. The largest absolute Gasteiger partial charge is 0.345 e. The summed E-state index contributed by atoms with van der Waals surface area (Å²) in [5.74, 6) is 0. The van der Waals surface area contributed by atoms with E-state index in [0.717, 1.165) is 17.6 Å². The van der Waals surface area contributed by atoms with Gasteiger partial charge in [-0.2, -0.15) is 0 Å². The standard InChI is InChI=1S/C15H22N4/c1-19(2)15(13-5-3-4-8-16-13)11-6-7-12-14(9-11)18-10-17-12/h6-7,9-10,13,15-16H,3-5,8H2,1-2H3,(H,17,18). The third kappa shape index (κ3) is 2.51. The molecule has 2 aromatic rings. The maximum atomic E-state index is 4.29. The van der Waals surface area contributed by atoms with Crippen LogP contribution in [0, 0.1) is 0 Å². The Morgan fingerprint density at radius 2 is 2.21 bits per heavy atom. The number of imidazole rings is 1. The van der Waals surface area contributed by atoms with E-state index in [1.807, 2.05) is 0 Å². The van der Waals surface area contributed by atoms with Gasteiger partial charge in [0.15, 0.2) is 0 Å². The summed E-state index contributed by atoms with van der Waals surface area (Å²) in [6.07, 6.45) is 5.65. The van der Waals surface area contributed by atoms with Crippen LogP contribution < -0.4 is 5.32 Å². The molecule has 1 saturated heterocycles. The fourth-order valence-corrected chi connectivity index (χ4v) is 3.18. The van der Waals surface area contributed by atoms with Crippen molar-refractivity contribution in [2.24, 2.45) is 0 Å². The Labute approximate surface area is 114 Å². The maximum Gasteiger partial charge on any atom is 0.0931 e. The summed E-state index contributed by atoms with van der Waals surface area (Å²) in [7, 11) is 4.33. The van der Waals surface area contributed by atoms with Crippen LogP contribution in [0.2, 0.25) is 0 Å². The number of hydrogen-bond donors (Lipinski definition) is 2. The van der Waals surface area contributed by atoms with Crippen molar-refractivity contribution < 1.29 is 0 Å². The number of nitrogens with zero attached hydrogens (tertiary/aromatic N) is 2. The molecule has 1 aromatic carbocycles. The van der Waals surface area contributed by atoms with Crippen molar-refractivity contribution in [1.82, 2.24) is 20.2 Å². The monoisotopic (exact) mass is 258 g/mol. The third-order valence-corrected chi connectivity index (χ3v) is 4.07. The van der Waals surface area contributed by atoms with Gasteiger partial charge < -0.3 is 15.2 Å². The van der Waals surface area contributed by atoms with Gasteiger partial charge in [-0.3, -0.25) is 0 Å². The first-order chi connectivity index (χ1) is 9.25. The molecule has 1 aliphatic rings. The SMILES string of the molecule is CN(C)C(c1ccc2nc[nH]c2c1)C1CCCCN1. The van der Waals surface area contributed by atoms with Crippen molar-refractivity contribution in [1.29, 1.82) is 0 Å². The average molecular weight is 258 g/mol. The molecule has 4 nitrogen and oxygen atoms in total. The van der Waals surface area contributed by atoms with E-state index in [0.29, 0.717) is 12.1 Å². The number of aromatic nitrogens is 2. The average Bonchev–Trinajstić information content (AvgIpc) is 2.87. The molecule has 3 rings (SSSR count). The number of piperidine rings is 1. The number of nitrogens with one attached hydrogen (secondary N) is 2. The van der Waals surface area contributed by atoms with Gasteiger partial charge in [-0.15, -0.1) is 0 Å². The van der Waals surface area contributed by atoms with Gasteiger partial charge >= 0.3 is 0 Å². The lowest BCUT2D eigenvalue weighted by Gasteiger charge is -2.36. The lowest BCUT2D eigenvalue weighted by Crippen LogP contribution is -2.44. The van der Waals surface area contributed by atoms with Crippen molar-refractivity contribution in [3.8, 4) is 0 Å². The second-order valence-electron chi connectivity index (χ2n) is 5.64. The molecule has 1 aliphatic heterocycles. The fraction of sp³-hybridized carbons (Fsp3) is 0.533. The minimum absolute atomic E-state index is 0.424. The second kappa shape index (κ2) is 5.31. The highest BCUT2D eigenvalue weighted by Crippen LogP contribution is 2.28. The lowest BCUT2D eigenvalue weighted by molar-refractivity contribution is 0.205. The van der Waals surface area contributed by atoms with Crippen LogP contribution in [0.1, 0.15) is 30.9 Å². The number of likely N-dealkylation sites (N-methyl/N-ethyl adjacent to an activating group) is 1. The predicted octanol–water partition coefficient (Wildman–Crippen LogP) is 2.31. The Balaban J connectivity index is 1.93. The van der Waals surface area contributed by atoms with Crippen LogP contribution in [0.3, 0.4) is 0 Å². The molecule has 0 aliphatic carbocycles. The van der Waals surface area contributed by atoms with E-state index in [9.17, 15) is 0 Å². The summed E-state index contributed by atoms with van der Waals surface area (Å²) in [4.78, 5) is 9.82. The van der Waals surface area contributed by atoms with E-state index < -0.39 is 0 Å². The number of rotatable bonds is 3. The molecular formula is C15H22N4. The van der Waals surface area contributed by atoms with Crippen molar-refractivity contribution >= 4 is 11.0 Å². The quantitative estimate of drug-likeness (QED) is 0.888. The van der Waals surface area contributed by atoms with Gasteiger partial charge in [0, 0.05) is 12.1 Å². The molecule has 2 atom stereocenters. The van der Waals surface area contributed by atoms with Gasteiger partial charge in [0.1, 0.15) is 0 Å². The van der Waals surface area contributed by atoms with Crippen LogP contribution in [-0.4, -0.2) is 41.5 Å². The Hall–Kier alpha value is -1.39. The molecule has 0 spiro atoms. The Morgan fingerprint density at radius 1 is 1.32 bits per heavy atom. The third-order valence-electron chi connectivity index (χ3n) is 4.07. The van der Waals surface area contributed by atoms with E-state index in [1.165, 1.54) is 24.8 Å². The van der Waals surface area contributed by atoms with E-state index >= 15 is 0 Å². The molecule has 2 N–H and O–H groups in total. The van der Waals surface area contributed by atoms with E-state index in [4.69, 9.17) is 0 Å². The minimum Gasteiger partial charge on any atom is -0.345 e. The van der Waals surface area contributed by atoms with Crippen LogP contribution in [0.5, 0.6) is 0 Å². The first kappa shape index (κ1) is 12.6. The van der Waals surface area contributed by atoms with Crippen molar-refractivity contribution in [2.75, 3.05) is 20.6 Å². The molecule has 2 unspecified atom stereocenters. The topological polar surface area (TPSA) is 44.0 Å². The fourth-order valence-electron chi connectivity index (χ4n) is 3.18. The molecule has 102 valence electrons. The summed E-state index contributed by atoms with van der Waals surface area (Å²) in [5, 5.41) is 3.67. The zero-order valence-electron chi connectivity index (χ0n) is 11.7. The summed E-state index contributed by atoms with van der Waals surface area (Å²) in [6.45, 7) is 1.14. The highest BCUT2D eigenvalue weighted by molar-refractivity contribution is 5.75. The Bertz CT molecular complexity index is 540. The first-order valence-corrected chi connectivity index (χ1v) is 7.08. The zero-order chi connectivity index (χ0) is 13.2.